The Bertz CT molecular complexity index is 1800. The van der Waals surface area contributed by atoms with Gasteiger partial charge in [-0.15, -0.1) is 0 Å². The van der Waals surface area contributed by atoms with Crippen molar-refractivity contribution in [1.29, 1.82) is 0 Å². The van der Waals surface area contributed by atoms with Crippen LogP contribution >= 0.6 is 0 Å². The summed E-state index contributed by atoms with van der Waals surface area (Å²) >= 11 is 0. The van der Waals surface area contributed by atoms with Gasteiger partial charge in [-0.1, -0.05) is 19.9 Å². The van der Waals surface area contributed by atoms with Gasteiger partial charge in [-0.05, 0) is 69.8 Å². The number of hydrogen-bond acceptors (Lipinski definition) is 10. The molecule has 0 aromatic heterocycles. The molecule has 0 aliphatic heterocycles. The first kappa shape index (κ1) is 37.2. The highest BCUT2D eigenvalue weighted by Crippen LogP contribution is 2.52. The first-order valence-electron chi connectivity index (χ1n) is 15.1. The Kier molecular flexibility index (Phi) is 11.4. The number of phenols is 1. The molecule has 2 aromatic carbocycles. The van der Waals surface area contributed by atoms with Crippen molar-refractivity contribution in [1.82, 2.24) is 4.90 Å². The van der Waals surface area contributed by atoms with Gasteiger partial charge >= 0.3 is 23.9 Å². The molecule has 5 N–H and O–H groups in total. The fraction of sp³-hybridized carbons (Fsp3) is 0.324. The third-order valence-corrected chi connectivity index (χ3v) is 8.04. The summed E-state index contributed by atoms with van der Waals surface area (Å²) in [6.45, 7) is 0.494. The lowest BCUT2D eigenvalue weighted by Crippen LogP contribution is -2.37. The highest BCUT2D eigenvalue weighted by Gasteiger charge is 2.40. The zero-order valence-corrected chi connectivity index (χ0v) is 26.9. The summed E-state index contributed by atoms with van der Waals surface area (Å²) in [5.74, 6) is -8.73. The van der Waals surface area contributed by atoms with E-state index in [9.17, 15) is 48.1 Å². The van der Waals surface area contributed by atoms with E-state index in [1.807, 2.05) is 0 Å². The van der Waals surface area contributed by atoms with Crippen molar-refractivity contribution in [3.05, 3.63) is 82.0 Å². The van der Waals surface area contributed by atoms with Crippen molar-refractivity contribution in [3.63, 3.8) is 0 Å². The van der Waals surface area contributed by atoms with E-state index in [1.54, 1.807) is 13.8 Å². The summed E-state index contributed by atoms with van der Waals surface area (Å²) in [5, 5.41) is 47.3. The van der Waals surface area contributed by atoms with Crippen molar-refractivity contribution in [3.8, 4) is 11.5 Å². The number of phenolic OH excluding ortho intramolecular Hbond substituents is 1. The topological polar surface area (TPSA) is 211 Å². The second-order valence-electron chi connectivity index (χ2n) is 12.0. The number of rotatable bonds is 17. The van der Waals surface area contributed by atoms with Gasteiger partial charge in [0.15, 0.2) is 17.4 Å². The van der Waals surface area contributed by atoms with Crippen molar-refractivity contribution in [2.75, 3.05) is 57.4 Å². The standard InChI is InChI=1S/C34H34F2N2O12/c1-34(2)21-12-26(39)23(35)10-19(21)33(20-11-24(36)27(40)13-22(20)34)18-3-4-25(38(16-31(45)46)17-32(47)48)28(9-18)50-8-7-49-6-5-37(14-29(41)42)15-30(43)44/h3-4,9-13,39H,5-8,14-17H2,1-2H3,(H,41,42)(H,43,44)(H,45,46)(H,47,48). The molecule has 14 nitrogen and oxygen atoms in total. The van der Waals surface area contributed by atoms with Crippen LogP contribution in [0.4, 0.5) is 14.5 Å². The molecule has 2 aromatic rings. The van der Waals surface area contributed by atoms with E-state index in [1.165, 1.54) is 24.3 Å². The number of hydrogen-bond donors (Lipinski definition) is 5. The molecule has 0 saturated carbocycles. The third kappa shape index (κ3) is 8.51. The maximum absolute atomic E-state index is 14.9. The van der Waals surface area contributed by atoms with Crippen LogP contribution in [0.3, 0.4) is 0 Å². The SMILES string of the molecule is CC1(C)C2=CC(=O)C(F)=CC2=C(c2ccc(N(CC(=O)O)CC(=O)O)c(OCCOCCN(CC(=O)O)CC(=O)O)c2)c2cc(F)c(O)cc21. The molecule has 2 aliphatic rings. The fourth-order valence-electron chi connectivity index (χ4n) is 5.87. The highest BCUT2D eigenvalue weighted by atomic mass is 19.1. The molecule has 0 saturated heterocycles. The Morgan fingerprint density at radius 2 is 1.44 bits per heavy atom. The van der Waals surface area contributed by atoms with E-state index in [0.717, 1.165) is 28.0 Å². The van der Waals surface area contributed by atoms with Crippen LogP contribution in [0.15, 0.2) is 59.5 Å². The zero-order valence-electron chi connectivity index (χ0n) is 26.9. The van der Waals surface area contributed by atoms with Crippen LogP contribution in [0.2, 0.25) is 0 Å². The van der Waals surface area contributed by atoms with Crippen molar-refractivity contribution >= 4 is 40.9 Å². The van der Waals surface area contributed by atoms with Gasteiger partial charge < -0.3 is 39.9 Å². The molecule has 16 heteroatoms. The maximum Gasteiger partial charge on any atom is 0.323 e. The van der Waals surface area contributed by atoms with Crippen molar-refractivity contribution in [2.24, 2.45) is 0 Å². The summed E-state index contributed by atoms with van der Waals surface area (Å²) in [6.07, 6.45) is 2.16. The van der Waals surface area contributed by atoms with Crippen LogP contribution in [0.5, 0.6) is 11.5 Å². The van der Waals surface area contributed by atoms with E-state index in [-0.39, 0.29) is 60.1 Å². The normalized spacial score (nSPS) is 14.8. The van der Waals surface area contributed by atoms with Gasteiger partial charge in [0, 0.05) is 12.0 Å². The van der Waals surface area contributed by atoms with Gasteiger partial charge in [-0.3, -0.25) is 28.9 Å². The van der Waals surface area contributed by atoms with Crippen LogP contribution in [0, 0.1) is 5.82 Å². The number of nitrogens with zero attached hydrogens (tertiary/aromatic N) is 2. The molecular formula is C34H34F2N2O12. The Morgan fingerprint density at radius 1 is 0.820 bits per heavy atom. The van der Waals surface area contributed by atoms with Crippen LogP contribution < -0.4 is 9.64 Å². The molecule has 50 heavy (non-hydrogen) atoms. The van der Waals surface area contributed by atoms with E-state index in [0.29, 0.717) is 11.1 Å². The molecule has 0 radical (unpaired) electrons. The molecule has 0 amide bonds. The number of halogens is 2. The predicted molar refractivity (Wildman–Crippen MR) is 171 cm³/mol. The zero-order chi connectivity index (χ0) is 36.9. The van der Waals surface area contributed by atoms with Crippen LogP contribution in [-0.2, 0) is 34.1 Å². The average Bonchev–Trinajstić information content (AvgIpc) is 3.00. The van der Waals surface area contributed by atoms with Gasteiger partial charge in [-0.25, -0.2) is 8.78 Å². The Labute approximate surface area is 283 Å². The monoisotopic (exact) mass is 700 g/mol. The number of carboxylic acids is 4. The van der Waals surface area contributed by atoms with Gasteiger partial charge in [-0.2, -0.15) is 0 Å². The molecular weight excluding hydrogens is 666 g/mol. The number of carbonyl (C=O) groups excluding carboxylic acids is 1. The Morgan fingerprint density at radius 3 is 2.04 bits per heavy atom. The van der Waals surface area contributed by atoms with Crippen molar-refractivity contribution < 1.29 is 67.8 Å². The van der Waals surface area contributed by atoms with E-state index in [2.05, 4.69) is 0 Å². The number of fused-ring (bicyclic) bond motifs is 2. The minimum absolute atomic E-state index is 0.0346. The summed E-state index contributed by atoms with van der Waals surface area (Å²) < 4.78 is 41.2. The molecule has 2 aliphatic carbocycles. The number of aliphatic carboxylic acids is 4. The van der Waals surface area contributed by atoms with E-state index >= 15 is 0 Å². The molecule has 0 spiro atoms. The molecule has 0 bridgehead atoms. The van der Waals surface area contributed by atoms with Crippen LogP contribution in [0.25, 0.3) is 5.57 Å². The third-order valence-electron chi connectivity index (χ3n) is 8.04. The van der Waals surface area contributed by atoms with Gasteiger partial charge in [0.1, 0.15) is 25.4 Å². The molecule has 0 atom stereocenters. The molecule has 0 heterocycles. The molecule has 266 valence electrons. The Balaban J connectivity index is 1.75. The number of benzene rings is 2. The number of aromatic hydroxyl groups is 1. The van der Waals surface area contributed by atoms with Gasteiger partial charge in [0.25, 0.3) is 0 Å². The summed E-state index contributed by atoms with van der Waals surface area (Å²) in [4.78, 5) is 60.0. The number of anilines is 1. The van der Waals surface area contributed by atoms with Gasteiger partial charge in [0.05, 0.1) is 32.0 Å². The lowest BCUT2D eigenvalue weighted by molar-refractivity contribution is -0.142. The van der Waals surface area contributed by atoms with Crippen LogP contribution in [-0.4, -0.2) is 113 Å². The second kappa shape index (κ2) is 15.3. The molecule has 0 fully saturated rings. The van der Waals surface area contributed by atoms with E-state index < -0.39 is 78.6 Å². The lowest BCUT2D eigenvalue weighted by Gasteiger charge is -2.39. The maximum atomic E-state index is 14.9. The summed E-state index contributed by atoms with van der Waals surface area (Å²) in [7, 11) is 0. The summed E-state index contributed by atoms with van der Waals surface area (Å²) in [5.41, 5.74) is 0.896. The number of allylic oxidation sites excluding steroid dienone is 5. The van der Waals surface area contributed by atoms with E-state index in [4.69, 9.17) is 19.7 Å². The first-order chi connectivity index (χ1) is 23.5. The number of carbonyl (C=O) groups is 5. The second-order valence-corrected chi connectivity index (χ2v) is 12.0. The number of ketones is 1. The fourth-order valence-corrected chi connectivity index (χ4v) is 5.87. The quantitative estimate of drug-likeness (QED) is 0.150. The van der Waals surface area contributed by atoms with Crippen LogP contribution in [0.1, 0.15) is 30.5 Å². The first-order valence-corrected chi connectivity index (χ1v) is 15.1. The molecule has 0 unspecified atom stereocenters. The van der Waals surface area contributed by atoms with Gasteiger partial charge in [0.2, 0.25) is 5.78 Å². The molecule has 4 rings (SSSR count). The largest absolute Gasteiger partial charge is 0.505 e. The Hall–Kier alpha value is -5.61. The average molecular weight is 701 g/mol. The van der Waals surface area contributed by atoms with Crippen molar-refractivity contribution in [2.45, 2.75) is 19.3 Å². The summed E-state index contributed by atoms with van der Waals surface area (Å²) in [6, 6.07) is 6.58. The number of carboxylic acid groups (broad SMARTS) is 4. The highest BCUT2D eigenvalue weighted by molar-refractivity contribution is 6.08. The minimum Gasteiger partial charge on any atom is -0.505 e. The predicted octanol–water partition coefficient (Wildman–Crippen LogP) is 2.83. The number of ether oxygens (including phenoxy) is 2. The smallest absolute Gasteiger partial charge is 0.323 e. The minimum atomic E-state index is -1.34. The lowest BCUT2D eigenvalue weighted by atomic mass is 9.64.